The van der Waals surface area contributed by atoms with E-state index in [-0.39, 0.29) is 17.2 Å². The molecule has 1 aromatic carbocycles. The quantitative estimate of drug-likeness (QED) is 0.460. The SMILES string of the molecule is C[C@@H](Sc1nnc(-c2ccccc2Cl)n1N)C(=O)NC1CCCCCC1. The van der Waals surface area contributed by atoms with Gasteiger partial charge in [0.1, 0.15) is 0 Å². The van der Waals surface area contributed by atoms with Crippen LogP contribution in [0, 0.1) is 0 Å². The largest absolute Gasteiger partial charge is 0.352 e. The molecule has 0 radical (unpaired) electrons. The van der Waals surface area contributed by atoms with Gasteiger partial charge < -0.3 is 11.2 Å². The van der Waals surface area contributed by atoms with Crippen molar-refractivity contribution in [1.29, 1.82) is 0 Å². The Labute approximate surface area is 162 Å². The van der Waals surface area contributed by atoms with Gasteiger partial charge in [0.2, 0.25) is 11.1 Å². The normalized spacial score (nSPS) is 16.8. The molecule has 26 heavy (non-hydrogen) atoms. The number of hydrogen-bond donors (Lipinski definition) is 2. The van der Waals surface area contributed by atoms with Crippen LogP contribution in [-0.2, 0) is 4.79 Å². The van der Waals surface area contributed by atoms with Crippen LogP contribution in [0.1, 0.15) is 45.4 Å². The summed E-state index contributed by atoms with van der Waals surface area (Å²) in [5, 5.41) is 12.2. The summed E-state index contributed by atoms with van der Waals surface area (Å²) in [5.74, 6) is 6.64. The van der Waals surface area contributed by atoms with E-state index in [0.29, 0.717) is 21.6 Å². The number of nitrogen functional groups attached to an aromatic ring is 1. The molecule has 0 unspecified atom stereocenters. The molecule has 2 aromatic rings. The molecular formula is C18H24ClN5OS. The minimum atomic E-state index is -0.302. The van der Waals surface area contributed by atoms with Crippen molar-refractivity contribution in [3.8, 4) is 11.4 Å². The fourth-order valence-corrected chi connectivity index (χ4v) is 4.14. The van der Waals surface area contributed by atoms with Gasteiger partial charge in [-0.1, -0.05) is 61.2 Å². The van der Waals surface area contributed by atoms with E-state index in [9.17, 15) is 4.79 Å². The van der Waals surface area contributed by atoms with Gasteiger partial charge in [-0.25, -0.2) is 4.68 Å². The van der Waals surface area contributed by atoms with Crippen LogP contribution in [-0.4, -0.2) is 32.1 Å². The highest BCUT2D eigenvalue weighted by atomic mass is 35.5. The summed E-state index contributed by atoms with van der Waals surface area (Å²) in [6.07, 6.45) is 7.02. The van der Waals surface area contributed by atoms with E-state index in [1.54, 1.807) is 6.07 Å². The van der Waals surface area contributed by atoms with Crippen LogP contribution < -0.4 is 11.2 Å². The summed E-state index contributed by atoms with van der Waals surface area (Å²) in [6.45, 7) is 1.86. The highest BCUT2D eigenvalue weighted by Gasteiger charge is 2.23. The number of nitrogens with zero attached hydrogens (tertiary/aromatic N) is 3. The van der Waals surface area contributed by atoms with E-state index in [0.717, 1.165) is 12.8 Å². The number of carbonyl (C=O) groups is 1. The number of benzene rings is 1. The van der Waals surface area contributed by atoms with E-state index in [1.165, 1.54) is 42.1 Å². The van der Waals surface area contributed by atoms with Crippen LogP contribution in [0.15, 0.2) is 29.4 Å². The minimum Gasteiger partial charge on any atom is -0.352 e. The molecule has 3 N–H and O–H groups in total. The predicted octanol–water partition coefficient (Wildman–Crippen LogP) is 3.63. The number of rotatable bonds is 5. The monoisotopic (exact) mass is 393 g/mol. The van der Waals surface area contributed by atoms with E-state index < -0.39 is 0 Å². The molecule has 1 saturated carbocycles. The molecule has 0 aliphatic heterocycles. The predicted molar refractivity (Wildman–Crippen MR) is 106 cm³/mol. The molecule has 1 heterocycles. The minimum absolute atomic E-state index is 0.0178. The summed E-state index contributed by atoms with van der Waals surface area (Å²) >= 11 is 7.51. The van der Waals surface area contributed by atoms with Crippen LogP contribution in [0.5, 0.6) is 0 Å². The van der Waals surface area contributed by atoms with Gasteiger partial charge in [-0.2, -0.15) is 0 Å². The van der Waals surface area contributed by atoms with Gasteiger partial charge in [-0.3, -0.25) is 4.79 Å². The Morgan fingerprint density at radius 1 is 1.27 bits per heavy atom. The van der Waals surface area contributed by atoms with Crippen molar-refractivity contribution in [2.75, 3.05) is 5.84 Å². The molecule has 6 nitrogen and oxygen atoms in total. The summed E-state index contributed by atoms with van der Waals surface area (Å²) in [6, 6.07) is 7.61. The number of nitrogens with two attached hydrogens (primary N) is 1. The van der Waals surface area contributed by atoms with E-state index >= 15 is 0 Å². The van der Waals surface area contributed by atoms with Crippen molar-refractivity contribution in [3.05, 3.63) is 29.3 Å². The zero-order valence-corrected chi connectivity index (χ0v) is 16.4. The number of thioether (sulfide) groups is 1. The number of aromatic nitrogens is 3. The Hall–Kier alpha value is -1.73. The van der Waals surface area contributed by atoms with Gasteiger partial charge in [0.25, 0.3) is 0 Å². The molecule has 1 fully saturated rings. The Morgan fingerprint density at radius 3 is 2.65 bits per heavy atom. The van der Waals surface area contributed by atoms with Crippen LogP contribution in [0.3, 0.4) is 0 Å². The fraction of sp³-hybridized carbons (Fsp3) is 0.500. The first-order valence-electron chi connectivity index (χ1n) is 8.98. The molecule has 1 aromatic heterocycles. The van der Waals surface area contributed by atoms with Crippen molar-refractivity contribution >= 4 is 29.3 Å². The molecule has 1 atom stereocenters. The van der Waals surface area contributed by atoms with Crippen molar-refractivity contribution in [1.82, 2.24) is 20.2 Å². The van der Waals surface area contributed by atoms with Crippen LogP contribution in [0.4, 0.5) is 0 Å². The van der Waals surface area contributed by atoms with Crippen LogP contribution in [0.25, 0.3) is 11.4 Å². The second-order valence-electron chi connectivity index (χ2n) is 6.61. The molecule has 1 aliphatic carbocycles. The second-order valence-corrected chi connectivity index (χ2v) is 8.33. The Kier molecular flexibility index (Phi) is 6.43. The molecule has 1 aliphatic rings. The first-order valence-corrected chi connectivity index (χ1v) is 10.2. The third kappa shape index (κ3) is 4.51. The summed E-state index contributed by atoms with van der Waals surface area (Å²) in [5.41, 5.74) is 0.714. The lowest BCUT2D eigenvalue weighted by atomic mass is 10.1. The van der Waals surface area contributed by atoms with Crippen LogP contribution in [0.2, 0.25) is 5.02 Å². The number of amides is 1. The van der Waals surface area contributed by atoms with Gasteiger partial charge >= 0.3 is 0 Å². The van der Waals surface area contributed by atoms with Crippen LogP contribution >= 0.6 is 23.4 Å². The van der Waals surface area contributed by atoms with Gasteiger partial charge in [0.15, 0.2) is 5.82 Å². The molecule has 0 saturated heterocycles. The summed E-state index contributed by atoms with van der Waals surface area (Å²) in [7, 11) is 0. The molecular weight excluding hydrogens is 370 g/mol. The number of hydrogen-bond acceptors (Lipinski definition) is 5. The summed E-state index contributed by atoms with van der Waals surface area (Å²) in [4.78, 5) is 12.5. The Morgan fingerprint density at radius 2 is 1.96 bits per heavy atom. The lowest BCUT2D eigenvalue weighted by molar-refractivity contribution is -0.121. The third-order valence-corrected chi connectivity index (χ3v) is 6.02. The van der Waals surface area contributed by atoms with Crippen molar-refractivity contribution in [3.63, 3.8) is 0 Å². The molecule has 0 spiro atoms. The molecule has 140 valence electrons. The maximum Gasteiger partial charge on any atom is 0.233 e. The first kappa shape index (κ1) is 19.0. The zero-order chi connectivity index (χ0) is 18.5. The number of nitrogens with one attached hydrogen (secondary N) is 1. The average molecular weight is 394 g/mol. The van der Waals surface area contributed by atoms with Crippen molar-refractivity contribution in [2.45, 2.75) is 61.9 Å². The van der Waals surface area contributed by atoms with Gasteiger partial charge in [0.05, 0.1) is 10.3 Å². The van der Waals surface area contributed by atoms with E-state index in [4.69, 9.17) is 17.4 Å². The number of halogens is 1. The summed E-state index contributed by atoms with van der Waals surface area (Å²) < 4.78 is 1.39. The lowest BCUT2D eigenvalue weighted by Crippen LogP contribution is -2.39. The van der Waals surface area contributed by atoms with E-state index in [2.05, 4.69) is 15.5 Å². The topological polar surface area (TPSA) is 85.8 Å². The zero-order valence-electron chi connectivity index (χ0n) is 14.8. The number of carbonyl (C=O) groups excluding carboxylic acids is 1. The highest BCUT2D eigenvalue weighted by Crippen LogP contribution is 2.29. The van der Waals surface area contributed by atoms with E-state index in [1.807, 2.05) is 25.1 Å². The molecule has 1 amide bonds. The van der Waals surface area contributed by atoms with Gasteiger partial charge in [0, 0.05) is 11.6 Å². The second kappa shape index (κ2) is 8.77. The Bertz CT molecular complexity index is 758. The average Bonchev–Trinajstić information content (AvgIpc) is 2.83. The van der Waals surface area contributed by atoms with Crippen molar-refractivity contribution in [2.24, 2.45) is 0 Å². The lowest BCUT2D eigenvalue weighted by Gasteiger charge is -2.19. The third-order valence-electron chi connectivity index (χ3n) is 4.63. The van der Waals surface area contributed by atoms with Gasteiger partial charge in [-0.05, 0) is 31.9 Å². The maximum atomic E-state index is 12.5. The molecule has 8 heteroatoms. The highest BCUT2D eigenvalue weighted by molar-refractivity contribution is 8.00. The first-order chi connectivity index (χ1) is 12.6. The molecule has 3 rings (SSSR count). The van der Waals surface area contributed by atoms with Crippen molar-refractivity contribution < 1.29 is 4.79 Å². The fourth-order valence-electron chi connectivity index (χ4n) is 3.14. The Balaban J connectivity index is 1.65. The standard InChI is InChI=1S/C18H24ClN5OS/c1-12(17(25)21-13-8-4-2-3-5-9-13)26-18-23-22-16(24(18)20)14-10-6-7-11-15(14)19/h6-7,10-13H,2-5,8-9,20H2,1H3,(H,21,25)/t12-/m1/s1. The van der Waals surface area contributed by atoms with Gasteiger partial charge in [-0.15, -0.1) is 10.2 Å². The smallest absolute Gasteiger partial charge is 0.233 e. The maximum absolute atomic E-state index is 12.5. The molecule has 0 bridgehead atoms.